The van der Waals surface area contributed by atoms with E-state index < -0.39 is 5.92 Å². The Kier molecular flexibility index (Phi) is 4.45. The van der Waals surface area contributed by atoms with Crippen LogP contribution in [-0.2, 0) is 4.79 Å². The molecule has 28 heavy (non-hydrogen) atoms. The van der Waals surface area contributed by atoms with Gasteiger partial charge in [0.2, 0.25) is 0 Å². The predicted molar refractivity (Wildman–Crippen MR) is 102 cm³/mol. The number of piperidine rings is 1. The fourth-order valence-electron chi connectivity index (χ4n) is 4.63. The summed E-state index contributed by atoms with van der Waals surface area (Å²) in [6.45, 7) is 1.39. The van der Waals surface area contributed by atoms with Gasteiger partial charge < -0.3 is 15.5 Å². The van der Waals surface area contributed by atoms with E-state index in [1.807, 2.05) is 24.4 Å². The smallest absolute Gasteiger partial charge is 0.269 e. The average molecular weight is 390 g/mol. The number of alkyl halides is 2. The third-order valence-electron chi connectivity index (χ3n) is 6.60. The number of likely N-dealkylation sites (tertiary alicyclic amines) is 1. The van der Waals surface area contributed by atoms with Gasteiger partial charge in [-0.1, -0.05) is 6.08 Å². The van der Waals surface area contributed by atoms with Crippen molar-refractivity contribution in [2.45, 2.75) is 56.7 Å². The first-order valence-corrected chi connectivity index (χ1v) is 10.6. The summed E-state index contributed by atoms with van der Waals surface area (Å²) in [4.78, 5) is 17.2. The van der Waals surface area contributed by atoms with Gasteiger partial charge in [-0.2, -0.15) is 0 Å². The number of amides is 1. The summed E-state index contributed by atoms with van der Waals surface area (Å²) in [5.74, 6) is -1.28. The van der Waals surface area contributed by atoms with E-state index in [2.05, 4.69) is 20.4 Å². The molecule has 5 rings (SSSR count). The molecule has 0 aromatic rings. The topological polar surface area (TPSA) is 47.6 Å². The maximum Gasteiger partial charge on any atom is 0.269 e. The van der Waals surface area contributed by atoms with Crippen LogP contribution in [0, 0.1) is 11.8 Å². The number of hydrogen-bond acceptors (Lipinski definition) is 4. The van der Waals surface area contributed by atoms with Crippen LogP contribution in [0.2, 0.25) is 0 Å². The molecule has 7 heteroatoms. The number of fused-ring (bicyclic) bond motifs is 1. The van der Waals surface area contributed by atoms with E-state index >= 15 is 0 Å². The van der Waals surface area contributed by atoms with Gasteiger partial charge in [0.25, 0.3) is 11.8 Å². The summed E-state index contributed by atoms with van der Waals surface area (Å²) in [6.07, 6.45) is 12.4. The maximum absolute atomic E-state index is 13.5. The van der Waals surface area contributed by atoms with Gasteiger partial charge in [-0.15, -0.1) is 0 Å². The van der Waals surface area contributed by atoms with Gasteiger partial charge in [0.05, 0.1) is 5.70 Å². The lowest BCUT2D eigenvalue weighted by molar-refractivity contribution is -0.118. The van der Waals surface area contributed by atoms with E-state index in [1.54, 1.807) is 0 Å². The fraction of sp³-hybridized carbons (Fsp3) is 0.667. The van der Waals surface area contributed by atoms with Crippen molar-refractivity contribution >= 4 is 5.91 Å². The van der Waals surface area contributed by atoms with E-state index in [9.17, 15) is 13.6 Å². The molecule has 1 unspecified atom stereocenters. The summed E-state index contributed by atoms with van der Waals surface area (Å²) < 4.78 is 26.9. The minimum atomic E-state index is -2.54. The normalized spacial score (nSPS) is 29.2. The number of halogens is 2. The minimum Gasteiger partial charge on any atom is -0.358 e. The molecule has 5 aliphatic rings. The van der Waals surface area contributed by atoms with Crippen molar-refractivity contribution in [2.75, 3.05) is 19.6 Å². The van der Waals surface area contributed by atoms with E-state index in [0.717, 1.165) is 5.70 Å². The van der Waals surface area contributed by atoms with Crippen LogP contribution in [0.1, 0.15) is 38.5 Å². The first-order chi connectivity index (χ1) is 13.5. The highest BCUT2D eigenvalue weighted by Gasteiger charge is 2.44. The second-order valence-corrected chi connectivity index (χ2v) is 8.86. The van der Waals surface area contributed by atoms with Gasteiger partial charge in [0.15, 0.2) is 0 Å². The Bertz CT molecular complexity index is 717. The van der Waals surface area contributed by atoms with Crippen molar-refractivity contribution < 1.29 is 13.6 Å². The van der Waals surface area contributed by atoms with Crippen LogP contribution < -0.4 is 10.6 Å². The zero-order chi connectivity index (χ0) is 19.3. The number of hydrogen-bond donors (Lipinski definition) is 2. The maximum atomic E-state index is 13.5. The van der Waals surface area contributed by atoms with Crippen LogP contribution in [-0.4, -0.2) is 53.5 Å². The largest absolute Gasteiger partial charge is 0.358 e. The van der Waals surface area contributed by atoms with Crippen molar-refractivity contribution in [3.05, 3.63) is 35.8 Å². The number of carbonyl (C=O) groups is 1. The zero-order valence-electron chi connectivity index (χ0n) is 16.0. The van der Waals surface area contributed by atoms with Crippen molar-refractivity contribution in [2.24, 2.45) is 11.8 Å². The average Bonchev–Trinajstić information content (AvgIpc) is 3.59. The highest BCUT2D eigenvalue weighted by Crippen LogP contribution is 2.44. The number of carbonyl (C=O) groups excluding carboxylic acids is 1. The monoisotopic (exact) mass is 390 g/mol. The van der Waals surface area contributed by atoms with Gasteiger partial charge >= 0.3 is 0 Å². The quantitative estimate of drug-likeness (QED) is 0.732. The molecule has 1 amide bonds. The van der Waals surface area contributed by atoms with Crippen molar-refractivity contribution in [1.29, 1.82) is 0 Å². The molecule has 3 fully saturated rings. The van der Waals surface area contributed by atoms with E-state index in [-0.39, 0.29) is 24.9 Å². The molecule has 1 saturated heterocycles. The lowest BCUT2D eigenvalue weighted by Gasteiger charge is -2.35. The molecule has 0 aromatic carbocycles. The molecule has 2 aliphatic carbocycles. The molecule has 3 aliphatic heterocycles. The van der Waals surface area contributed by atoms with Crippen LogP contribution in [0.25, 0.3) is 0 Å². The Morgan fingerprint density at radius 2 is 1.86 bits per heavy atom. The second-order valence-electron chi connectivity index (χ2n) is 8.86. The van der Waals surface area contributed by atoms with Crippen molar-refractivity contribution in [1.82, 2.24) is 20.4 Å². The third-order valence-corrected chi connectivity index (χ3v) is 6.60. The zero-order valence-corrected chi connectivity index (χ0v) is 16.0. The molecule has 5 nitrogen and oxygen atoms in total. The summed E-state index contributed by atoms with van der Waals surface area (Å²) in [5, 5.41) is 6.68. The molecule has 1 atom stereocenters. The SMILES string of the molecule is O=C(NC(C1CC1)C1CC1)C1=C2C=CC=CN2C(CN2CCC(F)(F)CC2)N1. The standard InChI is InChI=1S/C21H28F2N4O/c22-21(23)8-11-26(12-9-21)13-17-24-19(16-3-1-2-10-27(16)17)20(28)25-18(14-4-5-14)15-6-7-15/h1-3,10,14-15,17-18,24H,4-9,11-13H2,(H,25,28). The second kappa shape index (κ2) is 6.87. The van der Waals surface area contributed by atoms with Crippen LogP contribution >= 0.6 is 0 Å². The predicted octanol–water partition coefficient (Wildman–Crippen LogP) is 2.55. The Hall–Kier alpha value is -1.89. The minimum absolute atomic E-state index is 0.0311. The van der Waals surface area contributed by atoms with E-state index in [0.29, 0.717) is 43.2 Å². The summed E-state index contributed by atoms with van der Waals surface area (Å²) >= 11 is 0. The van der Waals surface area contributed by atoms with Gasteiger partial charge in [-0.05, 0) is 49.7 Å². The fourth-order valence-corrected chi connectivity index (χ4v) is 4.63. The molecule has 2 saturated carbocycles. The van der Waals surface area contributed by atoms with Gasteiger partial charge in [-0.25, -0.2) is 8.78 Å². The number of rotatable bonds is 6. The molecule has 2 N–H and O–H groups in total. The number of nitrogens with zero attached hydrogens (tertiary/aromatic N) is 2. The Morgan fingerprint density at radius 3 is 2.50 bits per heavy atom. The molecular formula is C21H28F2N4O. The first-order valence-electron chi connectivity index (χ1n) is 10.6. The van der Waals surface area contributed by atoms with Crippen LogP contribution in [0.4, 0.5) is 8.78 Å². The number of nitrogens with one attached hydrogen (secondary N) is 2. The lowest BCUT2D eigenvalue weighted by Crippen LogP contribution is -2.49. The summed E-state index contributed by atoms with van der Waals surface area (Å²) in [5.41, 5.74) is 1.48. The molecular weight excluding hydrogens is 362 g/mol. The highest BCUT2D eigenvalue weighted by molar-refractivity contribution is 5.95. The Morgan fingerprint density at radius 1 is 1.18 bits per heavy atom. The molecule has 0 bridgehead atoms. The summed E-state index contributed by atoms with van der Waals surface area (Å²) in [7, 11) is 0. The highest BCUT2D eigenvalue weighted by atomic mass is 19.3. The van der Waals surface area contributed by atoms with E-state index in [4.69, 9.17) is 0 Å². The lowest BCUT2D eigenvalue weighted by atomic mass is 10.1. The van der Waals surface area contributed by atoms with Gasteiger partial charge in [0.1, 0.15) is 11.9 Å². The molecule has 0 aromatic heterocycles. The molecule has 0 spiro atoms. The van der Waals surface area contributed by atoms with Crippen LogP contribution in [0.3, 0.4) is 0 Å². The van der Waals surface area contributed by atoms with E-state index in [1.165, 1.54) is 25.7 Å². The molecule has 0 radical (unpaired) electrons. The van der Waals surface area contributed by atoms with Crippen LogP contribution in [0.5, 0.6) is 0 Å². The van der Waals surface area contributed by atoms with Gasteiger partial charge in [-0.3, -0.25) is 9.69 Å². The molecule has 3 heterocycles. The summed E-state index contributed by atoms with van der Waals surface area (Å²) in [6, 6.07) is 0.308. The number of allylic oxidation sites excluding steroid dienone is 3. The van der Waals surface area contributed by atoms with Crippen molar-refractivity contribution in [3.8, 4) is 0 Å². The Balaban J connectivity index is 1.26. The molecule has 152 valence electrons. The van der Waals surface area contributed by atoms with Gasteiger partial charge in [0, 0.05) is 44.7 Å². The first kappa shape index (κ1) is 18.2. The third kappa shape index (κ3) is 3.69. The Labute approximate surface area is 164 Å². The van der Waals surface area contributed by atoms with Crippen molar-refractivity contribution in [3.63, 3.8) is 0 Å². The van der Waals surface area contributed by atoms with Crippen LogP contribution in [0.15, 0.2) is 35.8 Å².